The van der Waals surface area contributed by atoms with Crippen molar-refractivity contribution in [3.63, 3.8) is 0 Å². The minimum Gasteiger partial charge on any atom is -0.299 e. The molecule has 0 heterocycles. The van der Waals surface area contributed by atoms with Gasteiger partial charge in [0.05, 0.1) is 0 Å². The minimum absolute atomic E-state index is 0.111. The van der Waals surface area contributed by atoms with Gasteiger partial charge in [-0.05, 0) is 58.4 Å². The standard InChI is InChI=1S/C27H32O/c1-2-3-4-5-6-7-12-27(28)22-14-13-21-16-17-24-23-11-9-8-10-20(23)15-18-25(24)26(21)19-22/h8-11,16-19,22H,2-7,12-15H2,1H3. The first-order valence-corrected chi connectivity index (χ1v) is 11.2. The van der Waals surface area contributed by atoms with Gasteiger partial charge in [-0.3, -0.25) is 4.79 Å². The molecule has 2 aromatic carbocycles. The van der Waals surface area contributed by atoms with Crippen LogP contribution in [0.5, 0.6) is 0 Å². The first-order chi connectivity index (χ1) is 13.8. The Balaban J connectivity index is 1.52. The third-order valence-corrected chi connectivity index (χ3v) is 6.49. The van der Waals surface area contributed by atoms with Gasteiger partial charge in [-0.1, -0.05) is 87.6 Å². The lowest BCUT2D eigenvalue weighted by molar-refractivity contribution is -0.121. The first-order valence-electron chi connectivity index (χ1n) is 11.2. The van der Waals surface area contributed by atoms with Crippen LogP contribution < -0.4 is 10.4 Å². The highest BCUT2D eigenvalue weighted by Crippen LogP contribution is 2.25. The number of carbonyl (C=O) groups is 1. The van der Waals surface area contributed by atoms with Gasteiger partial charge in [0.15, 0.2) is 0 Å². The molecule has 1 unspecified atom stereocenters. The third-order valence-electron chi connectivity index (χ3n) is 6.49. The smallest absolute Gasteiger partial charge is 0.139 e. The van der Waals surface area contributed by atoms with Crippen LogP contribution >= 0.6 is 0 Å². The van der Waals surface area contributed by atoms with Gasteiger partial charge in [-0.2, -0.15) is 0 Å². The van der Waals surface area contributed by atoms with E-state index in [1.165, 1.54) is 64.8 Å². The minimum atomic E-state index is 0.111. The third kappa shape index (κ3) is 3.99. The van der Waals surface area contributed by atoms with E-state index in [0.29, 0.717) is 5.78 Å². The van der Waals surface area contributed by atoms with Crippen LogP contribution in [-0.2, 0) is 17.6 Å². The lowest BCUT2D eigenvalue weighted by atomic mass is 9.82. The summed E-state index contributed by atoms with van der Waals surface area (Å²) in [6.45, 7) is 2.25. The first kappa shape index (κ1) is 19.2. The van der Waals surface area contributed by atoms with Gasteiger partial charge in [-0.15, -0.1) is 0 Å². The number of hydrogen-bond acceptors (Lipinski definition) is 1. The number of rotatable bonds is 8. The van der Waals surface area contributed by atoms with Crippen molar-refractivity contribution in [1.29, 1.82) is 0 Å². The molecular weight excluding hydrogens is 340 g/mol. The van der Waals surface area contributed by atoms with E-state index in [-0.39, 0.29) is 5.92 Å². The molecule has 0 fully saturated rings. The van der Waals surface area contributed by atoms with Crippen molar-refractivity contribution < 1.29 is 4.79 Å². The SMILES string of the molecule is CCCCCCCCC(=O)C1C=c2c(ccc3c2=CCc2ccccc2-3)CC1. The molecule has 2 aliphatic rings. The number of ketones is 1. The van der Waals surface area contributed by atoms with E-state index in [1.807, 2.05) is 0 Å². The molecule has 0 saturated heterocycles. The molecule has 0 aliphatic heterocycles. The predicted octanol–water partition coefficient (Wildman–Crippen LogP) is 5.35. The van der Waals surface area contributed by atoms with Crippen LogP contribution in [0.3, 0.4) is 0 Å². The molecular formula is C27H32O. The summed E-state index contributed by atoms with van der Waals surface area (Å²) in [5, 5.41) is 2.69. The van der Waals surface area contributed by atoms with Crippen molar-refractivity contribution in [3.8, 4) is 11.1 Å². The summed E-state index contributed by atoms with van der Waals surface area (Å²) in [4.78, 5) is 12.8. The van der Waals surface area contributed by atoms with Crippen LogP contribution in [0.4, 0.5) is 0 Å². The van der Waals surface area contributed by atoms with Crippen molar-refractivity contribution in [2.24, 2.45) is 5.92 Å². The summed E-state index contributed by atoms with van der Waals surface area (Å²) in [6.07, 6.45) is 15.9. The number of hydrogen-bond donors (Lipinski definition) is 0. The zero-order chi connectivity index (χ0) is 19.3. The molecule has 28 heavy (non-hydrogen) atoms. The van der Waals surface area contributed by atoms with E-state index in [1.54, 1.807) is 0 Å². The van der Waals surface area contributed by atoms with E-state index in [0.717, 1.165) is 32.1 Å². The van der Waals surface area contributed by atoms with E-state index in [4.69, 9.17) is 0 Å². The van der Waals surface area contributed by atoms with Crippen molar-refractivity contribution >= 4 is 17.9 Å². The number of benzene rings is 2. The average Bonchev–Trinajstić information content (AvgIpc) is 2.75. The van der Waals surface area contributed by atoms with Crippen molar-refractivity contribution in [1.82, 2.24) is 0 Å². The van der Waals surface area contributed by atoms with Crippen LogP contribution in [0.1, 0.15) is 69.4 Å². The molecule has 2 aromatic rings. The number of unbranched alkanes of at least 4 members (excludes halogenated alkanes) is 5. The fourth-order valence-electron chi connectivity index (χ4n) is 4.84. The highest BCUT2D eigenvalue weighted by Gasteiger charge is 2.21. The van der Waals surface area contributed by atoms with Crippen LogP contribution in [0, 0.1) is 5.92 Å². The molecule has 4 rings (SSSR count). The molecule has 0 bridgehead atoms. The fraction of sp³-hybridized carbons (Fsp3) is 0.444. The zero-order valence-electron chi connectivity index (χ0n) is 17.2. The maximum absolute atomic E-state index is 12.8. The number of aryl methyl sites for hydroxylation is 1. The number of fused-ring (bicyclic) bond motifs is 5. The molecule has 0 spiro atoms. The molecule has 1 nitrogen and oxygen atoms in total. The van der Waals surface area contributed by atoms with E-state index >= 15 is 0 Å². The van der Waals surface area contributed by atoms with Gasteiger partial charge in [0.2, 0.25) is 0 Å². The molecule has 0 amide bonds. The monoisotopic (exact) mass is 372 g/mol. The average molecular weight is 373 g/mol. The maximum Gasteiger partial charge on any atom is 0.139 e. The second-order valence-electron chi connectivity index (χ2n) is 8.46. The Labute approximate surface area is 169 Å². The second kappa shape index (κ2) is 8.90. The summed E-state index contributed by atoms with van der Waals surface area (Å²) in [7, 11) is 0. The van der Waals surface area contributed by atoms with Crippen LogP contribution in [-0.4, -0.2) is 5.78 Å². The Hall–Kier alpha value is -2.15. The van der Waals surface area contributed by atoms with Gasteiger partial charge in [-0.25, -0.2) is 0 Å². The van der Waals surface area contributed by atoms with Crippen molar-refractivity contribution in [3.05, 3.63) is 58.0 Å². The van der Waals surface area contributed by atoms with Crippen LogP contribution in [0.25, 0.3) is 23.3 Å². The van der Waals surface area contributed by atoms with Crippen molar-refractivity contribution in [2.45, 2.75) is 71.1 Å². The van der Waals surface area contributed by atoms with E-state index in [9.17, 15) is 4.79 Å². The van der Waals surface area contributed by atoms with E-state index in [2.05, 4.69) is 55.5 Å². The van der Waals surface area contributed by atoms with Crippen LogP contribution in [0.2, 0.25) is 0 Å². The molecule has 1 atom stereocenters. The number of carbonyl (C=O) groups excluding carboxylic acids is 1. The zero-order valence-corrected chi connectivity index (χ0v) is 17.2. The lowest BCUT2D eigenvalue weighted by Crippen LogP contribution is -2.37. The largest absolute Gasteiger partial charge is 0.299 e. The highest BCUT2D eigenvalue weighted by molar-refractivity contribution is 5.87. The Morgan fingerprint density at radius 1 is 0.893 bits per heavy atom. The Morgan fingerprint density at radius 3 is 2.61 bits per heavy atom. The van der Waals surface area contributed by atoms with Crippen LogP contribution in [0.15, 0.2) is 36.4 Å². The summed E-state index contributed by atoms with van der Waals surface area (Å²) in [5.74, 6) is 0.565. The summed E-state index contributed by atoms with van der Waals surface area (Å²) in [6, 6.07) is 13.3. The second-order valence-corrected chi connectivity index (χ2v) is 8.46. The quantitative estimate of drug-likeness (QED) is 0.571. The molecule has 0 saturated carbocycles. The van der Waals surface area contributed by atoms with Gasteiger partial charge in [0.1, 0.15) is 5.78 Å². The molecule has 0 radical (unpaired) electrons. The maximum atomic E-state index is 12.8. The number of Topliss-reactive ketones (excluding diaryl/α,β-unsaturated/α-hetero) is 1. The molecule has 146 valence electrons. The molecule has 1 heteroatoms. The molecule has 0 N–H and O–H groups in total. The Bertz CT molecular complexity index is 966. The van der Waals surface area contributed by atoms with Gasteiger partial charge < -0.3 is 0 Å². The summed E-state index contributed by atoms with van der Waals surface area (Å²) < 4.78 is 0. The topological polar surface area (TPSA) is 17.1 Å². The summed E-state index contributed by atoms with van der Waals surface area (Å²) >= 11 is 0. The highest BCUT2D eigenvalue weighted by atomic mass is 16.1. The van der Waals surface area contributed by atoms with Gasteiger partial charge in [0.25, 0.3) is 0 Å². The Morgan fingerprint density at radius 2 is 1.71 bits per heavy atom. The fourth-order valence-corrected chi connectivity index (χ4v) is 4.84. The van der Waals surface area contributed by atoms with Gasteiger partial charge >= 0.3 is 0 Å². The summed E-state index contributed by atoms with van der Waals surface area (Å²) in [5.41, 5.74) is 5.51. The lowest BCUT2D eigenvalue weighted by Gasteiger charge is -2.21. The predicted molar refractivity (Wildman–Crippen MR) is 119 cm³/mol. The van der Waals surface area contributed by atoms with Gasteiger partial charge in [0, 0.05) is 12.3 Å². The molecule has 2 aliphatic carbocycles. The Kier molecular flexibility index (Phi) is 6.10. The van der Waals surface area contributed by atoms with Crippen molar-refractivity contribution in [2.75, 3.05) is 0 Å². The molecule has 0 aromatic heterocycles. The van der Waals surface area contributed by atoms with E-state index < -0.39 is 0 Å². The normalized spacial score (nSPS) is 17.0.